The van der Waals surface area contributed by atoms with Crippen LogP contribution in [0.15, 0.2) is 4.99 Å². The lowest BCUT2D eigenvalue weighted by Crippen LogP contribution is -2.41. The quantitative estimate of drug-likeness (QED) is 0.572. The normalized spacial score (nSPS) is 24.3. The van der Waals surface area contributed by atoms with Crippen molar-refractivity contribution in [2.75, 3.05) is 45.5 Å². The molecule has 2 fully saturated rings. The summed E-state index contributed by atoms with van der Waals surface area (Å²) in [6.07, 6.45) is 5.67. The van der Waals surface area contributed by atoms with Gasteiger partial charge in [0, 0.05) is 39.3 Å². The molecule has 146 valence electrons. The van der Waals surface area contributed by atoms with Gasteiger partial charge < -0.3 is 10.2 Å². The molecule has 1 N–H and O–H groups in total. The molecule has 0 saturated carbocycles. The number of hydrogen-bond donors (Lipinski definition) is 1. The van der Waals surface area contributed by atoms with Gasteiger partial charge in [-0.2, -0.15) is 0 Å². The summed E-state index contributed by atoms with van der Waals surface area (Å²) in [4.78, 5) is 7.29. The SMILES string of the molecule is CCNC(=NCC1CCN(S(C)(=O)=O)CC1)N1CCC(CC(C)C)C1. The third-order valence-electron chi connectivity index (χ3n) is 5.27. The van der Waals surface area contributed by atoms with Crippen molar-refractivity contribution in [2.24, 2.45) is 22.7 Å². The van der Waals surface area contributed by atoms with Crippen molar-refractivity contribution >= 4 is 16.0 Å². The second-order valence-electron chi connectivity index (χ2n) is 8.03. The fourth-order valence-corrected chi connectivity index (χ4v) is 4.82. The Labute approximate surface area is 154 Å². The highest BCUT2D eigenvalue weighted by Gasteiger charge is 2.27. The number of nitrogens with zero attached hydrogens (tertiary/aromatic N) is 3. The molecule has 7 heteroatoms. The van der Waals surface area contributed by atoms with E-state index in [-0.39, 0.29) is 0 Å². The molecule has 2 heterocycles. The first-order valence-electron chi connectivity index (χ1n) is 9.78. The molecule has 0 aromatic heterocycles. The standard InChI is InChI=1S/C18H36N4O2S/c1-5-19-18(21-9-6-17(14-21)12-15(2)3)20-13-16-7-10-22(11-8-16)25(4,23)24/h15-17H,5-14H2,1-4H3,(H,19,20). The van der Waals surface area contributed by atoms with Crippen LogP contribution >= 0.6 is 0 Å². The van der Waals surface area contributed by atoms with Gasteiger partial charge in [0.25, 0.3) is 0 Å². The van der Waals surface area contributed by atoms with Crippen LogP contribution in [0.2, 0.25) is 0 Å². The lowest BCUT2D eigenvalue weighted by Gasteiger charge is -2.30. The fraction of sp³-hybridized carbons (Fsp3) is 0.944. The summed E-state index contributed by atoms with van der Waals surface area (Å²) in [7, 11) is -3.04. The van der Waals surface area contributed by atoms with Crippen molar-refractivity contribution in [1.29, 1.82) is 0 Å². The molecule has 25 heavy (non-hydrogen) atoms. The van der Waals surface area contributed by atoms with Crippen molar-refractivity contribution in [3.63, 3.8) is 0 Å². The van der Waals surface area contributed by atoms with E-state index in [9.17, 15) is 8.42 Å². The van der Waals surface area contributed by atoms with E-state index >= 15 is 0 Å². The van der Waals surface area contributed by atoms with Gasteiger partial charge in [-0.15, -0.1) is 0 Å². The molecule has 0 amide bonds. The van der Waals surface area contributed by atoms with E-state index in [2.05, 4.69) is 31.0 Å². The Morgan fingerprint density at radius 3 is 2.36 bits per heavy atom. The van der Waals surface area contributed by atoms with E-state index in [0.717, 1.165) is 56.8 Å². The average Bonchev–Trinajstić information content (AvgIpc) is 2.98. The van der Waals surface area contributed by atoms with Gasteiger partial charge in [-0.1, -0.05) is 13.8 Å². The first kappa shape index (κ1) is 20.5. The van der Waals surface area contributed by atoms with Gasteiger partial charge in [-0.05, 0) is 50.4 Å². The van der Waals surface area contributed by atoms with Crippen molar-refractivity contribution < 1.29 is 8.42 Å². The Morgan fingerprint density at radius 1 is 1.16 bits per heavy atom. The second kappa shape index (κ2) is 9.21. The van der Waals surface area contributed by atoms with Crippen LogP contribution in [0.1, 0.15) is 46.5 Å². The van der Waals surface area contributed by atoms with E-state index in [0.29, 0.717) is 19.0 Å². The molecular weight excluding hydrogens is 336 g/mol. The number of hydrogen-bond acceptors (Lipinski definition) is 3. The lowest BCUT2D eigenvalue weighted by atomic mass is 9.97. The number of sulfonamides is 1. The molecule has 0 bridgehead atoms. The summed E-state index contributed by atoms with van der Waals surface area (Å²) >= 11 is 0. The molecule has 1 atom stereocenters. The maximum atomic E-state index is 11.6. The molecule has 0 radical (unpaired) electrons. The first-order valence-corrected chi connectivity index (χ1v) is 11.6. The monoisotopic (exact) mass is 372 g/mol. The molecular formula is C18H36N4O2S. The van der Waals surface area contributed by atoms with Crippen LogP contribution < -0.4 is 5.32 Å². The van der Waals surface area contributed by atoms with Gasteiger partial charge in [0.05, 0.1) is 6.26 Å². The van der Waals surface area contributed by atoms with Gasteiger partial charge in [0.15, 0.2) is 5.96 Å². The van der Waals surface area contributed by atoms with E-state index in [1.807, 2.05) is 0 Å². The van der Waals surface area contributed by atoms with Crippen molar-refractivity contribution in [3.8, 4) is 0 Å². The number of likely N-dealkylation sites (tertiary alicyclic amines) is 1. The predicted molar refractivity (Wildman–Crippen MR) is 104 cm³/mol. The Morgan fingerprint density at radius 2 is 1.80 bits per heavy atom. The van der Waals surface area contributed by atoms with Gasteiger partial charge in [-0.25, -0.2) is 12.7 Å². The number of rotatable bonds is 6. The van der Waals surface area contributed by atoms with Gasteiger partial charge in [-0.3, -0.25) is 4.99 Å². The average molecular weight is 373 g/mol. The zero-order valence-corrected chi connectivity index (χ0v) is 17.2. The minimum atomic E-state index is -3.04. The molecule has 1 unspecified atom stereocenters. The molecule has 2 saturated heterocycles. The summed E-state index contributed by atoms with van der Waals surface area (Å²) in [5.74, 6) is 3.06. The van der Waals surface area contributed by atoms with Crippen LogP contribution in [0.5, 0.6) is 0 Å². The highest BCUT2D eigenvalue weighted by atomic mass is 32.2. The predicted octanol–water partition coefficient (Wildman–Crippen LogP) is 1.99. The molecule has 6 nitrogen and oxygen atoms in total. The summed E-state index contributed by atoms with van der Waals surface area (Å²) in [5.41, 5.74) is 0. The van der Waals surface area contributed by atoms with Crippen LogP contribution in [-0.2, 0) is 10.0 Å². The molecule has 0 spiro atoms. The number of nitrogens with one attached hydrogen (secondary N) is 1. The Balaban J connectivity index is 1.86. The maximum absolute atomic E-state index is 11.6. The molecule has 0 aliphatic carbocycles. The maximum Gasteiger partial charge on any atom is 0.211 e. The molecule has 2 aliphatic rings. The van der Waals surface area contributed by atoms with Gasteiger partial charge in [0.1, 0.15) is 0 Å². The van der Waals surface area contributed by atoms with Crippen LogP contribution in [-0.4, -0.2) is 69.1 Å². The van der Waals surface area contributed by atoms with Gasteiger partial charge >= 0.3 is 0 Å². The Kier molecular flexibility index (Phi) is 7.55. The highest BCUT2D eigenvalue weighted by Crippen LogP contribution is 2.24. The molecule has 2 rings (SSSR count). The third-order valence-corrected chi connectivity index (χ3v) is 6.57. The largest absolute Gasteiger partial charge is 0.357 e. The zero-order valence-electron chi connectivity index (χ0n) is 16.4. The molecule has 2 aliphatic heterocycles. The van der Waals surface area contributed by atoms with E-state index in [1.54, 1.807) is 4.31 Å². The van der Waals surface area contributed by atoms with E-state index < -0.39 is 10.0 Å². The summed E-state index contributed by atoms with van der Waals surface area (Å²) in [6.45, 7) is 11.9. The summed E-state index contributed by atoms with van der Waals surface area (Å²) < 4.78 is 24.8. The zero-order chi connectivity index (χ0) is 18.4. The molecule has 0 aromatic rings. The topological polar surface area (TPSA) is 65.0 Å². The minimum absolute atomic E-state index is 0.487. The number of piperidine rings is 1. The van der Waals surface area contributed by atoms with Crippen LogP contribution in [0.3, 0.4) is 0 Å². The minimum Gasteiger partial charge on any atom is -0.357 e. The smallest absolute Gasteiger partial charge is 0.211 e. The molecule has 0 aromatic carbocycles. The third kappa shape index (κ3) is 6.44. The second-order valence-corrected chi connectivity index (χ2v) is 10.0. The summed E-state index contributed by atoms with van der Waals surface area (Å²) in [5, 5.41) is 3.44. The summed E-state index contributed by atoms with van der Waals surface area (Å²) in [6, 6.07) is 0. The van der Waals surface area contributed by atoms with Crippen molar-refractivity contribution in [3.05, 3.63) is 0 Å². The number of aliphatic imine (C=N–C) groups is 1. The fourth-order valence-electron chi connectivity index (χ4n) is 3.95. The van der Waals surface area contributed by atoms with Crippen molar-refractivity contribution in [1.82, 2.24) is 14.5 Å². The highest BCUT2D eigenvalue weighted by molar-refractivity contribution is 7.88. The van der Waals surface area contributed by atoms with Crippen molar-refractivity contribution in [2.45, 2.75) is 46.5 Å². The first-order chi connectivity index (χ1) is 11.8. The van der Waals surface area contributed by atoms with Crippen LogP contribution in [0, 0.1) is 17.8 Å². The van der Waals surface area contributed by atoms with Crippen LogP contribution in [0.25, 0.3) is 0 Å². The van der Waals surface area contributed by atoms with E-state index in [1.165, 1.54) is 19.1 Å². The number of guanidine groups is 1. The Hall–Kier alpha value is -0.820. The van der Waals surface area contributed by atoms with Gasteiger partial charge in [0.2, 0.25) is 10.0 Å². The van der Waals surface area contributed by atoms with Crippen LogP contribution in [0.4, 0.5) is 0 Å². The Bertz CT molecular complexity index is 539. The van der Waals surface area contributed by atoms with E-state index in [4.69, 9.17) is 4.99 Å². The lowest BCUT2D eigenvalue weighted by molar-refractivity contribution is 0.279.